The van der Waals surface area contributed by atoms with Crippen LogP contribution in [0.3, 0.4) is 0 Å². The zero-order chi connectivity index (χ0) is 14.3. The van der Waals surface area contributed by atoms with E-state index in [9.17, 15) is 9.18 Å². The highest BCUT2D eigenvalue weighted by atomic mass is 79.9. The van der Waals surface area contributed by atoms with Crippen LogP contribution in [0.5, 0.6) is 0 Å². The molecule has 0 radical (unpaired) electrons. The van der Waals surface area contributed by atoms with E-state index >= 15 is 0 Å². The zero-order valence-corrected chi connectivity index (χ0v) is 12.2. The van der Waals surface area contributed by atoms with E-state index in [-0.39, 0.29) is 11.5 Å². The van der Waals surface area contributed by atoms with E-state index in [1.54, 1.807) is 17.0 Å². The Hall–Kier alpha value is -1.88. The van der Waals surface area contributed by atoms with Gasteiger partial charge in [-0.15, -0.1) is 0 Å². The minimum absolute atomic E-state index is 0.0645. The first-order valence-electron chi connectivity index (χ1n) is 6.21. The van der Waals surface area contributed by atoms with Crippen molar-refractivity contribution in [2.45, 2.75) is 6.42 Å². The van der Waals surface area contributed by atoms with Gasteiger partial charge in [0.2, 0.25) is 0 Å². The number of hydrogen-bond acceptors (Lipinski definition) is 2. The minimum Gasteiger partial charge on any atom is -0.399 e. The minimum atomic E-state index is -0.518. The quantitative estimate of drug-likeness (QED) is 0.812. The zero-order valence-electron chi connectivity index (χ0n) is 10.6. The number of nitrogens with two attached hydrogens (primary N) is 1. The molecule has 1 aliphatic heterocycles. The third kappa shape index (κ3) is 2.18. The number of anilines is 2. The average Bonchev–Trinajstić information content (AvgIpc) is 2.83. The summed E-state index contributed by atoms with van der Waals surface area (Å²) in [5.74, 6) is -0.858. The molecular weight excluding hydrogens is 323 g/mol. The van der Waals surface area contributed by atoms with Crippen molar-refractivity contribution in [3.63, 3.8) is 0 Å². The smallest absolute Gasteiger partial charge is 0.261 e. The predicted octanol–water partition coefficient (Wildman–Crippen LogP) is 3.37. The van der Waals surface area contributed by atoms with Crippen LogP contribution in [0.25, 0.3) is 0 Å². The van der Waals surface area contributed by atoms with E-state index in [2.05, 4.69) is 15.9 Å². The largest absolute Gasteiger partial charge is 0.399 e. The molecule has 0 atom stereocenters. The molecule has 0 aromatic heterocycles. The summed E-state index contributed by atoms with van der Waals surface area (Å²) >= 11 is 3.26. The van der Waals surface area contributed by atoms with Gasteiger partial charge < -0.3 is 10.6 Å². The maximum atomic E-state index is 13.8. The molecule has 2 aromatic rings. The van der Waals surface area contributed by atoms with Crippen LogP contribution < -0.4 is 10.6 Å². The van der Waals surface area contributed by atoms with Gasteiger partial charge in [-0.25, -0.2) is 4.39 Å². The van der Waals surface area contributed by atoms with Gasteiger partial charge in [0, 0.05) is 22.4 Å². The van der Waals surface area contributed by atoms with Crippen LogP contribution in [-0.4, -0.2) is 12.5 Å². The van der Waals surface area contributed by atoms with E-state index in [4.69, 9.17) is 5.73 Å². The summed E-state index contributed by atoms with van der Waals surface area (Å²) in [4.78, 5) is 14.1. The lowest BCUT2D eigenvalue weighted by Crippen LogP contribution is -2.29. The number of carbonyl (C=O) groups is 1. The van der Waals surface area contributed by atoms with Gasteiger partial charge in [0.05, 0.1) is 5.56 Å². The normalized spacial score (nSPS) is 13.4. The molecule has 1 heterocycles. The predicted molar refractivity (Wildman–Crippen MR) is 80.3 cm³/mol. The van der Waals surface area contributed by atoms with Crippen LogP contribution in [0, 0.1) is 5.82 Å². The van der Waals surface area contributed by atoms with Gasteiger partial charge in [-0.05, 0) is 42.3 Å². The summed E-state index contributed by atoms with van der Waals surface area (Å²) in [6, 6.07) is 9.84. The molecule has 1 amide bonds. The molecule has 0 bridgehead atoms. The van der Waals surface area contributed by atoms with Crippen LogP contribution in [0.15, 0.2) is 40.9 Å². The number of carbonyl (C=O) groups excluding carboxylic acids is 1. The van der Waals surface area contributed by atoms with E-state index in [0.29, 0.717) is 16.7 Å². The summed E-state index contributed by atoms with van der Waals surface area (Å²) in [7, 11) is 0. The third-order valence-corrected chi connectivity index (χ3v) is 3.90. The van der Waals surface area contributed by atoms with Crippen molar-refractivity contribution < 1.29 is 9.18 Å². The van der Waals surface area contributed by atoms with Gasteiger partial charge in [0.1, 0.15) is 5.82 Å². The van der Waals surface area contributed by atoms with Gasteiger partial charge in [-0.1, -0.05) is 22.0 Å². The number of hydrogen-bond donors (Lipinski definition) is 1. The van der Waals surface area contributed by atoms with E-state index in [0.717, 1.165) is 17.7 Å². The fourth-order valence-corrected chi connectivity index (χ4v) is 2.78. The second-order valence-corrected chi connectivity index (χ2v) is 5.63. The molecule has 3 nitrogen and oxygen atoms in total. The molecular formula is C15H12BrFN2O. The molecule has 2 N–H and O–H groups in total. The number of nitrogens with zero attached hydrogens (tertiary/aromatic N) is 1. The van der Waals surface area contributed by atoms with Crippen molar-refractivity contribution >= 4 is 33.2 Å². The van der Waals surface area contributed by atoms with Crippen LogP contribution in [-0.2, 0) is 6.42 Å². The molecule has 5 heteroatoms. The first kappa shape index (κ1) is 13.1. The highest BCUT2D eigenvalue weighted by molar-refractivity contribution is 9.10. The lowest BCUT2D eigenvalue weighted by Gasteiger charge is -2.18. The lowest BCUT2D eigenvalue weighted by molar-refractivity contribution is 0.0985. The Bertz CT molecular complexity index is 702. The van der Waals surface area contributed by atoms with Crippen molar-refractivity contribution in [2.24, 2.45) is 0 Å². The fourth-order valence-electron chi connectivity index (χ4n) is 2.41. The van der Waals surface area contributed by atoms with E-state index < -0.39 is 5.82 Å². The Kier molecular flexibility index (Phi) is 3.22. The maximum absolute atomic E-state index is 13.8. The molecule has 102 valence electrons. The van der Waals surface area contributed by atoms with Crippen LogP contribution in [0.1, 0.15) is 15.9 Å². The van der Waals surface area contributed by atoms with Crippen LogP contribution >= 0.6 is 15.9 Å². The molecule has 0 fully saturated rings. The molecule has 0 saturated heterocycles. The Morgan fingerprint density at radius 3 is 2.85 bits per heavy atom. The summed E-state index contributed by atoms with van der Waals surface area (Å²) in [5, 5.41) is 0. The molecule has 0 spiro atoms. The molecule has 1 aliphatic rings. The summed E-state index contributed by atoms with van der Waals surface area (Å²) in [5.41, 5.74) is 8.26. The Morgan fingerprint density at radius 1 is 1.25 bits per heavy atom. The molecule has 0 saturated carbocycles. The Morgan fingerprint density at radius 2 is 2.05 bits per heavy atom. The standard InChI is InChI=1S/C15H12BrFN2O/c16-10-2-4-13(17)12(7-10)15(20)19-6-5-9-1-3-11(18)8-14(9)19/h1-4,7-8H,5-6,18H2. The van der Waals surface area contributed by atoms with Gasteiger partial charge in [0.25, 0.3) is 5.91 Å². The van der Waals surface area contributed by atoms with Crippen molar-refractivity contribution in [1.82, 2.24) is 0 Å². The Balaban J connectivity index is 2.01. The number of fused-ring (bicyclic) bond motifs is 1. The molecule has 3 rings (SSSR count). The first-order valence-corrected chi connectivity index (χ1v) is 7.01. The lowest BCUT2D eigenvalue weighted by atomic mass is 10.1. The SMILES string of the molecule is Nc1ccc2c(c1)N(C(=O)c1cc(Br)ccc1F)CC2. The van der Waals surface area contributed by atoms with Gasteiger partial charge in [-0.3, -0.25) is 4.79 Å². The topological polar surface area (TPSA) is 46.3 Å². The second kappa shape index (κ2) is 4.90. The fraction of sp³-hybridized carbons (Fsp3) is 0.133. The number of amides is 1. The summed E-state index contributed by atoms with van der Waals surface area (Å²) in [6.45, 7) is 0.545. The summed E-state index contributed by atoms with van der Waals surface area (Å²) in [6.07, 6.45) is 0.761. The number of halogens is 2. The van der Waals surface area contributed by atoms with Crippen molar-refractivity contribution in [3.05, 3.63) is 57.8 Å². The van der Waals surface area contributed by atoms with Crippen molar-refractivity contribution in [1.29, 1.82) is 0 Å². The van der Waals surface area contributed by atoms with E-state index in [1.807, 2.05) is 12.1 Å². The number of benzene rings is 2. The molecule has 2 aromatic carbocycles. The van der Waals surface area contributed by atoms with Crippen LogP contribution in [0.4, 0.5) is 15.8 Å². The molecule has 20 heavy (non-hydrogen) atoms. The molecule has 0 aliphatic carbocycles. The monoisotopic (exact) mass is 334 g/mol. The first-order chi connectivity index (χ1) is 9.56. The van der Waals surface area contributed by atoms with E-state index in [1.165, 1.54) is 12.1 Å². The van der Waals surface area contributed by atoms with Gasteiger partial charge in [0.15, 0.2) is 0 Å². The maximum Gasteiger partial charge on any atom is 0.261 e. The number of nitrogen functional groups attached to an aromatic ring is 1. The third-order valence-electron chi connectivity index (χ3n) is 3.41. The Labute approximate surface area is 124 Å². The van der Waals surface area contributed by atoms with Crippen molar-refractivity contribution in [2.75, 3.05) is 17.2 Å². The number of rotatable bonds is 1. The van der Waals surface area contributed by atoms with Crippen LogP contribution in [0.2, 0.25) is 0 Å². The average molecular weight is 335 g/mol. The summed E-state index contributed by atoms with van der Waals surface area (Å²) < 4.78 is 14.5. The van der Waals surface area contributed by atoms with Gasteiger partial charge in [-0.2, -0.15) is 0 Å². The second-order valence-electron chi connectivity index (χ2n) is 4.72. The van der Waals surface area contributed by atoms with Crippen molar-refractivity contribution in [3.8, 4) is 0 Å². The molecule has 0 unspecified atom stereocenters. The highest BCUT2D eigenvalue weighted by Crippen LogP contribution is 2.31. The van der Waals surface area contributed by atoms with Gasteiger partial charge >= 0.3 is 0 Å². The highest BCUT2D eigenvalue weighted by Gasteiger charge is 2.27.